The van der Waals surface area contributed by atoms with Crippen LogP contribution >= 0.6 is 0 Å². The summed E-state index contributed by atoms with van der Waals surface area (Å²) in [5.74, 6) is -0.669. The van der Waals surface area contributed by atoms with Crippen LogP contribution in [-0.4, -0.2) is 14.9 Å². The van der Waals surface area contributed by atoms with Crippen LogP contribution in [0.15, 0.2) is 42.5 Å². The van der Waals surface area contributed by atoms with Gasteiger partial charge in [-0.2, -0.15) is 10.2 Å². The zero-order chi connectivity index (χ0) is 20.3. The van der Waals surface area contributed by atoms with Crippen LogP contribution < -0.4 is 16.2 Å². The Morgan fingerprint density at radius 2 is 1.89 bits per heavy atom. The summed E-state index contributed by atoms with van der Waals surface area (Å²) in [6.45, 7) is 0.0112. The molecule has 0 spiro atoms. The number of nitriles is 1. The maximum Gasteiger partial charge on any atom is 0.311 e. The lowest BCUT2D eigenvalue weighted by molar-refractivity contribution is -0.385. The van der Waals surface area contributed by atoms with Crippen LogP contribution in [0.2, 0.25) is 0 Å². The van der Waals surface area contributed by atoms with Crippen molar-refractivity contribution in [2.24, 2.45) is 0 Å². The summed E-state index contributed by atoms with van der Waals surface area (Å²) in [5, 5.41) is 20.8. The highest BCUT2D eigenvalue weighted by molar-refractivity contribution is 5.75. The van der Waals surface area contributed by atoms with E-state index in [0.29, 0.717) is 5.56 Å². The molecule has 0 saturated carbocycles. The van der Waals surface area contributed by atoms with Gasteiger partial charge in [-0.05, 0) is 29.8 Å². The zero-order valence-corrected chi connectivity index (χ0v) is 14.3. The summed E-state index contributed by atoms with van der Waals surface area (Å²) < 4.78 is 18.5. The summed E-state index contributed by atoms with van der Waals surface area (Å²) in [7, 11) is 0. The Bertz CT molecular complexity index is 1100. The predicted molar refractivity (Wildman–Crippen MR) is 98.4 cm³/mol. The average Bonchev–Trinajstić information content (AvgIpc) is 2.67. The Labute approximate surface area is 158 Å². The normalized spacial score (nSPS) is 10.3. The molecule has 1 heterocycles. The van der Waals surface area contributed by atoms with E-state index in [1.165, 1.54) is 42.5 Å². The van der Waals surface area contributed by atoms with Crippen molar-refractivity contribution in [3.63, 3.8) is 0 Å². The number of benzene rings is 2. The highest BCUT2D eigenvalue weighted by atomic mass is 19.1. The van der Waals surface area contributed by atoms with Crippen molar-refractivity contribution < 1.29 is 14.1 Å². The molecule has 10 heteroatoms. The van der Waals surface area contributed by atoms with E-state index in [1.807, 2.05) is 6.07 Å². The minimum absolute atomic E-state index is 0.00610. The molecule has 0 radical (unpaired) electrons. The number of anilines is 2. The van der Waals surface area contributed by atoms with Crippen LogP contribution in [-0.2, 0) is 6.61 Å². The predicted octanol–water partition coefficient (Wildman–Crippen LogP) is 2.81. The van der Waals surface area contributed by atoms with Crippen molar-refractivity contribution >= 4 is 17.5 Å². The smallest absolute Gasteiger partial charge is 0.311 e. The molecule has 0 atom stereocenters. The lowest BCUT2D eigenvalue weighted by atomic mass is 10.1. The molecule has 1 aromatic heterocycles. The minimum Gasteiger partial charge on any atom is -0.482 e. The Morgan fingerprint density at radius 1 is 1.18 bits per heavy atom. The quantitative estimate of drug-likeness (QED) is 0.506. The Kier molecular flexibility index (Phi) is 4.99. The average molecular weight is 380 g/mol. The number of halogens is 1. The van der Waals surface area contributed by atoms with Gasteiger partial charge in [0.15, 0.2) is 5.75 Å². The number of aromatic nitrogens is 2. The topological polar surface area (TPSA) is 154 Å². The highest BCUT2D eigenvalue weighted by Gasteiger charge is 2.20. The third-order valence-electron chi connectivity index (χ3n) is 3.80. The lowest BCUT2D eigenvalue weighted by Gasteiger charge is -2.10. The van der Waals surface area contributed by atoms with E-state index in [4.69, 9.17) is 16.2 Å². The minimum atomic E-state index is -0.622. The second-order valence-corrected chi connectivity index (χ2v) is 5.66. The molecule has 0 unspecified atom stereocenters. The number of hydrogen-bond acceptors (Lipinski definition) is 8. The Morgan fingerprint density at radius 3 is 2.54 bits per heavy atom. The first-order valence-corrected chi connectivity index (χ1v) is 7.88. The Balaban J connectivity index is 1.97. The molecule has 0 fully saturated rings. The Hall–Kier alpha value is -4.26. The number of ether oxygens (including phenoxy) is 1. The van der Waals surface area contributed by atoms with Crippen molar-refractivity contribution in [1.82, 2.24) is 9.97 Å². The van der Waals surface area contributed by atoms with Crippen molar-refractivity contribution in [2.45, 2.75) is 6.61 Å². The standard InChI is InChI=1S/C18H13FN6O3/c19-12-4-1-10(2-5-12)9-28-15-6-3-11(7-14(15)25(26)27)16-13(8-20)17(21)24-18(22)23-16/h1-7H,9H2,(H4,21,22,23,24). The van der Waals surface area contributed by atoms with Crippen molar-refractivity contribution in [3.05, 3.63) is 69.5 Å². The van der Waals surface area contributed by atoms with E-state index in [9.17, 15) is 19.8 Å². The van der Waals surface area contributed by atoms with Crippen molar-refractivity contribution in [2.75, 3.05) is 11.5 Å². The third kappa shape index (κ3) is 3.78. The number of nitro groups is 1. The first-order chi connectivity index (χ1) is 13.4. The maximum atomic E-state index is 13.0. The molecule has 3 aromatic rings. The van der Waals surface area contributed by atoms with Crippen molar-refractivity contribution in [3.8, 4) is 23.1 Å². The van der Waals surface area contributed by atoms with Crippen LogP contribution in [0, 0.1) is 27.3 Å². The van der Waals surface area contributed by atoms with E-state index in [1.54, 1.807) is 0 Å². The second kappa shape index (κ2) is 7.55. The molecule has 2 aromatic carbocycles. The van der Waals surface area contributed by atoms with Gasteiger partial charge in [0.2, 0.25) is 5.95 Å². The number of nitrogen functional groups attached to an aromatic ring is 2. The van der Waals surface area contributed by atoms with Gasteiger partial charge in [0.25, 0.3) is 0 Å². The van der Waals surface area contributed by atoms with Crippen LogP contribution in [0.1, 0.15) is 11.1 Å². The molecule has 0 amide bonds. The van der Waals surface area contributed by atoms with Gasteiger partial charge >= 0.3 is 5.69 Å². The van der Waals surface area contributed by atoms with Crippen LogP contribution in [0.5, 0.6) is 5.75 Å². The first-order valence-electron chi connectivity index (χ1n) is 7.88. The molecule has 140 valence electrons. The zero-order valence-electron chi connectivity index (χ0n) is 14.3. The molecule has 0 aliphatic carbocycles. The van der Waals surface area contributed by atoms with E-state index in [-0.39, 0.29) is 46.6 Å². The van der Waals surface area contributed by atoms with E-state index < -0.39 is 10.7 Å². The number of nitrogens with two attached hydrogens (primary N) is 2. The number of hydrogen-bond donors (Lipinski definition) is 2. The fraction of sp³-hybridized carbons (Fsp3) is 0.0556. The van der Waals surface area contributed by atoms with Gasteiger partial charge in [0.05, 0.1) is 10.6 Å². The fourth-order valence-electron chi connectivity index (χ4n) is 2.49. The van der Waals surface area contributed by atoms with Crippen LogP contribution in [0.4, 0.5) is 21.8 Å². The molecule has 3 rings (SSSR count). The van der Waals surface area contributed by atoms with Gasteiger partial charge in [-0.25, -0.2) is 9.37 Å². The van der Waals surface area contributed by atoms with Gasteiger partial charge in [-0.3, -0.25) is 10.1 Å². The van der Waals surface area contributed by atoms with Gasteiger partial charge < -0.3 is 16.2 Å². The molecule has 0 bridgehead atoms. The van der Waals surface area contributed by atoms with Crippen molar-refractivity contribution in [1.29, 1.82) is 5.26 Å². The fourth-order valence-corrected chi connectivity index (χ4v) is 2.49. The third-order valence-corrected chi connectivity index (χ3v) is 3.80. The van der Waals surface area contributed by atoms with Gasteiger partial charge in [0.1, 0.15) is 29.9 Å². The van der Waals surface area contributed by atoms with Crippen LogP contribution in [0.25, 0.3) is 11.3 Å². The largest absolute Gasteiger partial charge is 0.482 e. The van der Waals surface area contributed by atoms with E-state index in [0.717, 1.165) is 0 Å². The molecule has 9 nitrogen and oxygen atoms in total. The monoisotopic (exact) mass is 380 g/mol. The molecule has 0 aliphatic heterocycles. The number of nitro benzene ring substituents is 1. The molecule has 0 aliphatic rings. The molecular weight excluding hydrogens is 367 g/mol. The van der Waals surface area contributed by atoms with Gasteiger partial charge in [-0.1, -0.05) is 12.1 Å². The lowest BCUT2D eigenvalue weighted by Crippen LogP contribution is -2.05. The summed E-state index contributed by atoms with van der Waals surface area (Å²) in [5.41, 5.74) is 11.9. The SMILES string of the molecule is N#Cc1c(N)nc(N)nc1-c1ccc(OCc2ccc(F)cc2)c([N+](=O)[O-])c1. The van der Waals surface area contributed by atoms with Crippen LogP contribution in [0.3, 0.4) is 0 Å². The summed E-state index contributed by atoms with van der Waals surface area (Å²) in [4.78, 5) is 18.5. The van der Waals surface area contributed by atoms with Gasteiger partial charge in [0, 0.05) is 11.6 Å². The first kappa shape index (κ1) is 18.5. The molecule has 4 N–H and O–H groups in total. The summed E-state index contributed by atoms with van der Waals surface area (Å²) in [6.07, 6.45) is 0. The maximum absolute atomic E-state index is 13.0. The summed E-state index contributed by atoms with van der Waals surface area (Å²) in [6, 6.07) is 11.5. The van der Waals surface area contributed by atoms with E-state index in [2.05, 4.69) is 9.97 Å². The molecule has 28 heavy (non-hydrogen) atoms. The second-order valence-electron chi connectivity index (χ2n) is 5.66. The summed E-state index contributed by atoms with van der Waals surface area (Å²) >= 11 is 0. The van der Waals surface area contributed by atoms with E-state index >= 15 is 0 Å². The number of rotatable bonds is 5. The number of nitrogens with zero attached hydrogens (tertiary/aromatic N) is 4. The molecular formula is C18H13FN6O3. The molecule has 0 saturated heterocycles. The van der Waals surface area contributed by atoms with Gasteiger partial charge in [-0.15, -0.1) is 0 Å². The highest BCUT2D eigenvalue weighted by Crippen LogP contribution is 2.34.